The number of rotatable bonds is 4. The molecule has 0 atom stereocenters. The third kappa shape index (κ3) is 2.92. The summed E-state index contributed by atoms with van der Waals surface area (Å²) in [6, 6.07) is 2.29. The predicted octanol–water partition coefficient (Wildman–Crippen LogP) is 1.65. The first kappa shape index (κ1) is 11.8. The molecule has 1 aromatic heterocycles. The lowest BCUT2D eigenvalue weighted by Crippen LogP contribution is -2.34. The van der Waals surface area contributed by atoms with E-state index in [1.807, 2.05) is 6.07 Å². The number of aromatic nitrogens is 2. The van der Waals surface area contributed by atoms with Crippen LogP contribution in [0.3, 0.4) is 0 Å². The standard InChI is InChI=1S/C11H11ClN4O/c12-10-7-14-6-9(15-10)11(17)16(5-1-4-13)8-2-3-8/h6-8H,1-3,5H2. The molecule has 0 saturated heterocycles. The maximum atomic E-state index is 12.1. The van der Waals surface area contributed by atoms with E-state index in [0.717, 1.165) is 12.8 Å². The summed E-state index contributed by atoms with van der Waals surface area (Å²) in [5.41, 5.74) is 0.238. The number of hydrogen-bond acceptors (Lipinski definition) is 4. The van der Waals surface area contributed by atoms with Crippen LogP contribution in [0.4, 0.5) is 0 Å². The molecule has 1 fully saturated rings. The SMILES string of the molecule is N#CCCN(C(=O)c1cncc(Cl)n1)C1CC1. The highest BCUT2D eigenvalue weighted by atomic mass is 35.5. The lowest BCUT2D eigenvalue weighted by Gasteiger charge is -2.20. The zero-order chi connectivity index (χ0) is 12.3. The molecule has 0 unspecified atom stereocenters. The Labute approximate surface area is 104 Å². The monoisotopic (exact) mass is 250 g/mol. The fraction of sp³-hybridized carbons (Fsp3) is 0.455. The van der Waals surface area contributed by atoms with Crippen molar-refractivity contribution < 1.29 is 4.79 Å². The smallest absolute Gasteiger partial charge is 0.274 e. The van der Waals surface area contributed by atoms with Crippen molar-refractivity contribution in [3.8, 4) is 6.07 Å². The fourth-order valence-corrected chi connectivity index (χ4v) is 1.75. The van der Waals surface area contributed by atoms with Gasteiger partial charge < -0.3 is 4.90 Å². The van der Waals surface area contributed by atoms with Gasteiger partial charge in [-0.3, -0.25) is 9.78 Å². The van der Waals surface area contributed by atoms with E-state index in [4.69, 9.17) is 16.9 Å². The first-order chi connectivity index (χ1) is 8.22. The van der Waals surface area contributed by atoms with Crippen LogP contribution < -0.4 is 0 Å². The maximum Gasteiger partial charge on any atom is 0.274 e. The zero-order valence-electron chi connectivity index (χ0n) is 9.14. The molecule has 1 aliphatic carbocycles. The van der Waals surface area contributed by atoms with E-state index < -0.39 is 0 Å². The lowest BCUT2D eigenvalue weighted by atomic mass is 10.3. The Morgan fingerprint density at radius 1 is 1.59 bits per heavy atom. The number of amides is 1. The molecule has 1 aromatic rings. The molecule has 1 amide bonds. The Balaban J connectivity index is 2.13. The third-order valence-electron chi connectivity index (χ3n) is 2.54. The van der Waals surface area contributed by atoms with Crippen LogP contribution in [0.25, 0.3) is 0 Å². The van der Waals surface area contributed by atoms with Gasteiger partial charge in [0, 0.05) is 12.6 Å². The molecule has 5 nitrogen and oxygen atoms in total. The van der Waals surface area contributed by atoms with Crippen LogP contribution in [0.2, 0.25) is 5.15 Å². The van der Waals surface area contributed by atoms with Gasteiger partial charge in [0.15, 0.2) is 0 Å². The van der Waals surface area contributed by atoms with E-state index in [2.05, 4.69) is 9.97 Å². The molecule has 0 N–H and O–H groups in total. The minimum Gasteiger partial charge on any atom is -0.333 e. The number of hydrogen-bond donors (Lipinski definition) is 0. The average molecular weight is 251 g/mol. The predicted molar refractivity (Wildman–Crippen MR) is 61.3 cm³/mol. The number of halogens is 1. The van der Waals surface area contributed by atoms with E-state index >= 15 is 0 Å². The summed E-state index contributed by atoms with van der Waals surface area (Å²) in [5, 5.41) is 8.78. The van der Waals surface area contributed by atoms with Gasteiger partial charge in [0.2, 0.25) is 0 Å². The summed E-state index contributed by atoms with van der Waals surface area (Å²) in [4.78, 5) is 21.6. The molecule has 6 heteroatoms. The molecule has 0 radical (unpaired) electrons. The Hall–Kier alpha value is -1.67. The number of carbonyl (C=O) groups excluding carboxylic acids is 1. The van der Waals surface area contributed by atoms with E-state index in [1.165, 1.54) is 12.4 Å². The summed E-state index contributed by atoms with van der Waals surface area (Å²) in [6.45, 7) is 0.439. The van der Waals surface area contributed by atoms with Crippen LogP contribution in [-0.2, 0) is 0 Å². The van der Waals surface area contributed by atoms with Crippen LogP contribution in [-0.4, -0.2) is 33.4 Å². The van der Waals surface area contributed by atoms with Crippen LogP contribution >= 0.6 is 11.6 Å². The van der Waals surface area contributed by atoms with Crippen molar-refractivity contribution in [2.45, 2.75) is 25.3 Å². The molecular formula is C11H11ClN4O. The molecule has 0 bridgehead atoms. The van der Waals surface area contributed by atoms with E-state index in [0.29, 0.717) is 13.0 Å². The van der Waals surface area contributed by atoms with Crippen LogP contribution in [0, 0.1) is 11.3 Å². The molecule has 1 aliphatic rings. The largest absolute Gasteiger partial charge is 0.333 e. The average Bonchev–Trinajstić information content (AvgIpc) is 3.14. The summed E-state index contributed by atoms with van der Waals surface area (Å²) in [5.74, 6) is -0.197. The fourth-order valence-electron chi connectivity index (χ4n) is 1.60. The van der Waals surface area contributed by atoms with Gasteiger partial charge >= 0.3 is 0 Å². The first-order valence-corrected chi connectivity index (χ1v) is 5.75. The molecule has 17 heavy (non-hydrogen) atoms. The van der Waals surface area contributed by atoms with Crippen molar-refractivity contribution in [2.75, 3.05) is 6.54 Å². The summed E-state index contributed by atoms with van der Waals surface area (Å²) < 4.78 is 0. The Bertz CT molecular complexity index is 467. The van der Waals surface area contributed by atoms with Gasteiger partial charge in [0.05, 0.1) is 24.9 Å². The summed E-state index contributed by atoms with van der Waals surface area (Å²) in [6.07, 6.45) is 5.09. The molecule has 0 aliphatic heterocycles. The van der Waals surface area contributed by atoms with Gasteiger partial charge in [0.25, 0.3) is 5.91 Å². The second kappa shape index (κ2) is 5.11. The number of nitrogens with zero attached hydrogens (tertiary/aromatic N) is 4. The number of carbonyl (C=O) groups is 1. The van der Waals surface area contributed by atoms with Crippen molar-refractivity contribution in [2.24, 2.45) is 0 Å². The molecule has 88 valence electrons. The Morgan fingerprint density at radius 2 is 2.35 bits per heavy atom. The van der Waals surface area contributed by atoms with Crippen molar-refractivity contribution in [3.63, 3.8) is 0 Å². The molecule has 2 rings (SSSR count). The van der Waals surface area contributed by atoms with Crippen molar-refractivity contribution in [1.82, 2.24) is 14.9 Å². The van der Waals surface area contributed by atoms with Crippen LogP contribution in [0.5, 0.6) is 0 Å². The first-order valence-electron chi connectivity index (χ1n) is 5.38. The molecule has 0 aromatic carbocycles. The minimum atomic E-state index is -0.197. The third-order valence-corrected chi connectivity index (χ3v) is 2.72. The summed E-state index contributed by atoms with van der Waals surface area (Å²) >= 11 is 5.70. The highest BCUT2D eigenvalue weighted by Gasteiger charge is 2.33. The van der Waals surface area contributed by atoms with Crippen LogP contribution in [0.15, 0.2) is 12.4 Å². The molecule has 1 saturated carbocycles. The summed E-state index contributed by atoms with van der Waals surface area (Å²) in [7, 11) is 0. The van der Waals surface area contributed by atoms with Gasteiger partial charge in [-0.1, -0.05) is 11.6 Å². The quantitative estimate of drug-likeness (QED) is 0.815. The Kier molecular flexibility index (Phi) is 3.55. The second-order valence-corrected chi connectivity index (χ2v) is 4.25. The van der Waals surface area contributed by atoms with E-state index in [9.17, 15) is 4.79 Å². The van der Waals surface area contributed by atoms with Crippen molar-refractivity contribution in [1.29, 1.82) is 5.26 Å². The minimum absolute atomic E-state index is 0.197. The number of nitriles is 1. The van der Waals surface area contributed by atoms with Gasteiger partial charge in [-0.2, -0.15) is 5.26 Å². The van der Waals surface area contributed by atoms with Gasteiger partial charge in [-0.15, -0.1) is 0 Å². The lowest BCUT2D eigenvalue weighted by molar-refractivity contribution is 0.0740. The highest BCUT2D eigenvalue weighted by Crippen LogP contribution is 2.28. The normalized spacial score (nSPS) is 14.1. The molecule has 0 spiro atoms. The van der Waals surface area contributed by atoms with E-state index in [1.54, 1.807) is 4.90 Å². The van der Waals surface area contributed by atoms with E-state index in [-0.39, 0.29) is 22.8 Å². The van der Waals surface area contributed by atoms with Crippen LogP contribution in [0.1, 0.15) is 29.8 Å². The van der Waals surface area contributed by atoms with Gasteiger partial charge in [0.1, 0.15) is 10.8 Å². The van der Waals surface area contributed by atoms with Crippen molar-refractivity contribution in [3.05, 3.63) is 23.2 Å². The second-order valence-electron chi connectivity index (χ2n) is 3.86. The Morgan fingerprint density at radius 3 is 2.94 bits per heavy atom. The molecular weight excluding hydrogens is 240 g/mol. The highest BCUT2D eigenvalue weighted by molar-refractivity contribution is 6.29. The molecule has 1 heterocycles. The van der Waals surface area contributed by atoms with Gasteiger partial charge in [-0.25, -0.2) is 4.98 Å². The van der Waals surface area contributed by atoms with Gasteiger partial charge in [-0.05, 0) is 12.8 Å². The maximum absolute atomic E-state index is 12.1. The topological polar surface area (TPSA) is 69.9 Å². The zero-order valence-corrected chi connectivity index (χ0v) is 9.89. The van der Waals surface area contributed by atoms with Crippen molar-refractivity contribution >= 4 is 17.5 Å².